The van der Waals surface area contributed by atoms with Crippen LogP contribution >= 0.6 is 0 Å². The zero-order chi connectivity index (χ0) is 20.1. The molecule has 1 atom stereocenters. The van der Waals surface area contributed by atoms with Crippen molar-refractivity contribution in [1.29, 1.82) is 0 Å². The second-order valence-corrected chi connectivity index (χ2v) is 6.14. The zero-order valence-electron chi connectivity index (χ0n) is 16.3. The second-order valence-electron chi connectivity index (χ2n) is 6.14. The summed E-state index contributed by atoms with van der Waals surface area (Å²) in [6.07, 6.45) is 3.54. The van der Waals surface area contributed by atoms with Gasteiger partial charge in [-0.05, 0) is 29.8 Å². The first-order valence-corrected chi connectivity index (χ1v) is 8.71. The Hall–Kier alpha value is -3.48. The highest BCUT2D eigenvalue weighted by Gasteiger charge is 2.23. The molecule has 1 amide bonds. The van der Waals surface area contributed by atoms with Gasteiger partial charge in [0.15, 0.2) is 0 Å². The number of carbonyl (C=O) groups excluding carboxylic acids is 1. The Balaban J connectivity index is 1.95. The van der Waals surface area contributed by atoms with E-state index < -0.39 is 6.04 Å². The number of hydrogen-bond donors (Lipinski definition) is 1. The van der Waals surface area contributed by atoms with Gasteiger partial charge in [0, 0.05) is 25.5 Å². The standard InChI is InChI=1S/C21H23N3O4/c1-24-12-11-22-20(24)19(14-5-7-15(26-2)8-6-14)23-21(25)17-10-9-16(27-3)13-18(17)28-4/h5-13,19H,1-4H3,(H,23,25). The van der Waals surface area contributed by atoms with Crippen LogP contribution < -0.4 is 19.5 Å². The number of nitrogens with one attached hydrogen (secondary N) is 1. The predicted octanol–water partition coefficient (Wildman–Crippen LogP) is 2.97. The molecule has 7 heteroatoms. The molecule has 0 spiro atoms. The summed E-state index contributed by atoms with van der Waals surface area (Å²) in [6, 6.07) is 12.2. The van der Waals surface area contributed by atoms with Crippen LogP contribution in [0.25, 0.3) is 0 Å². The first kappa shape index (κ1) is 19.3. The van der Waals surface area contributed by atoms with Crippen LogP contribution in [0.4, 0.5) is 0 Å². The van der Waals surface area contributed by atoms with Crippen molar-refractivity contribution in [3.8, 4) is 17.2 Å². The summed E-state index contributed by atoms with van der Waals surface area (Å²) in [5.74, 6) is 2.23. The fourth-order valence-corrected chi connectivity index (χ4v) is 2.94. The lowest BCUT2D eigenvalue weighted by atomic mass is 10.0. The number of amides is 1. The predicted molar refractivity (Wildman–Crippen MR) is 105 cm³/mol. The lowest BCUT2D eigenvalue weighted by Gasteiger charge is -2.20. The first-order valence-electron chi connectivity index (χ1n) is 8.71. The maximum absolute atomic E-state index is 13.0. The third-order valence-corrected chi connectivity index (χ3v) is 4.49. The summed E-state index contributed by atoms with van der Waals surface area (Å²) >= 11 is 0. The number of aryl methyl sites for hydroxylation is 1. The summed E-state index contributed by atoms with van der Waals surface area (Å²) in [5.41, 5.74) is 1.30. The molecule has 0 fully saturated rings. The van der Waals surface area contributed by atoms with Crippen molar-refractivity contribution < 1.29 is 19.0 Å². The van der Waals surface area contributed by atoms with E-state index in [-0.39, 0.29) is 5.91 Å². The van der Waals surface area contributed by atoms with Crippen molar-refractivity contribution in [2.75, 3.05) is 21.3 Å². The molecule has 1 N–H and O–H groups in total. The van der Waals surface area contributed by atoms with Crippen molar-refractivity contribution in [2.45, 2.75) is 6.04 Å². The van der Waals surface area contributed by atoms with Gasteiger partial charge in [-0.15, -0.1) is 0 Å². The molecule has 0 saturated heterocycles. The minimum absolute atomic E-state index is 0.275. The molecule has 3 aromatic rings. The molecule has 0 saturated carbocycles. The SMILES string of the molecule is COc1ccc(C(NC(=O)c2ccc(OC)cc2OC)c2nccn2C)cc1. The number of benzene rings is 2. The highest BCUT2D eigenvalue weighted by atomic mass is 16.5. The number of nitrogens with zero attached hydrogens (tertiary/aromatic N) is 2. The number of rotatable bonds is 7. The number of carbonyl (C=O) groups is 1. The maximum atomic E-state index is 13.0. The minimum atomic E-state index is -0.440. The molecule has 3 rings (SSSR count). The quantitative estimate of drug-likeness (QED) is 0.681. The van der Waals surface area contributed by atoms with Gasteiger partial charge in [0.2, 0.25) is 0 Å². The summed E-state index contributed by atoms with van der Waals surface area (Å²) in [7, 11) is 6.59. The topological polar surface area (TPSA) is 74.6 Å². The Kier molecular flexibility index (Phi) is 5.84. The molecule has 2 aromatic carbocycles. The monoisotopic (exact) mass is 381 g/mol. The van der Waals surface area contributed by atoms with Gasteiger partial charge in [-0.25, -0.2) is 4.98 Å². The highest BCUT2D eigenvalue weighted by Crippen LogP contribution is 2.27. The summed E-state index contributed by atoms with van der Waals surface area (Å²) in [4.78, 5) is 17.5. The number of ether oxygens (including phenoxy) is 3. The largest absolute Gasteiger partial charge is 0.497 e. The van der Waals surface area contributed by atoms with Crippen molar-refractivity contribution in [3.63, 3.8) is 0 Å². The van der Waals surface area contributed by atoms with Crippen LogP contribution in [0.1, 0.15) is 27.8 Å². The Labute approximate surface area is 163 Å². The van der Waals surface area contributed by atoms with Gasteiger partial charge in [0.05, 0.1) is 26.9 Å². The van der Waals surface area contributed by atoms with Crippen molar-refractivity contribution in [3.05, 3.63) is 71.8 Å². The molecule has 0 aliphatic rings. The molecule has 0 radical (unpaired) electrons. The van der Waals surface area contributed by atoms with E-state index in [0.717, 1.165) is 11.3 Å². The molecular weight excluding hydrogens is 358 g/mol. The molecule has 0 aliphatic heterocycles. The van der Waals surface area contributed by atoms with E-state index >= 15 is 0 Å². The maximum Gasteiger partial charge on any atom is 0.255 e. The fraction of sp³-hybridized carbons (Fsp3) is 0.238. The third kappa shape index (κ3) is 3.93. The van der Waals surface area contributed by atoms with E-state index in [1.807, 2.05) is 42.1 Å². The summed E-state index contributed by atoms with van der Waals surface area (Å²) in [5, 5.41) is 3.06. The van der Waals surface area contributed by atoms with Gasteiger partial charge in [-0.2, -0.15) is 0 Å². The van der Waals surface area contributed by atoms with Gasteiger partial charge in [-0.1, -0.05) is 12.1 Å². The van der Waals surface area contributed by atoms with Crippen LogP contribution in [0.5, 0.6) is 17.2 Å². The van der Waals surface area contributed by atoms with E-state index in [4.69, 9.17) is 14.2 Å². The Morgan fingerprint density at radius 2 is 1.68 bits per heavy atom. The number of aromatic nitrogens is 2. The van der Waals surface area contributed by atoms with E-state index in [2.05, 4.69) is 10.3 Å². The van der Waals surface area contributed by atoms with Gasteiger partial charge in [0.25, 0.3) is 5.91 Å². The molecular formula is C21H23N3O4. The highest BCUT2D eigenvalue weighted by molar-refractivity contribution is 5.97. The molecule has 0 aliphatic carbocycles. The Bertz CT molecular complexity index is 951. The van der Waals surface area contributed by atoms with Crippen molar-refractivity contribution in [2.24, 2.45) is 7.05 Å². The van der Waals surface area contributed by atoms with Crippen LogP contribution in [-0.4, -0.2) is 36.8 Å². The average molecular weight is 381 g/mol. The molecule has 28 heavy (non-hydrogen) atoms. The second kappa shape index (κ2) is 8.47. The number of imidazole rings is 1. The third-order valence-electron chi connectivity index (χ3n) is 4.49. The molecule has 146 valence electrons. The molecule has 1 heterocycles. The van der Waals surface area contributed by atoms with E-state index in [9.17, 15) is 4.79 Å². The van der Waals surface area contributed by atoms with Crippen LogP contribution in [0, 0.1) is 0 Å². The first-order chi connectivity index (χ1) is 13.6. The van der Waals surface area contributed by atoms with Gasteiger partial charge < -0.3 is 24.1 Å². The van der Waals surface area contributed by atoms with Gasteiger partial charge in [0.1, 0.15) is 29.1 Å². The van der Waals surface area contributed by atoms with E-state index in [1.165, 1.54) is 7.11 Å². The molecule has 1 aromatic heterocycles. The van der Waals surface area contributed by atoms with Gasteiger partial charge >= 0.3 is 0 Å². The minimum Gasteiger partial charge on any atom is -0.497 e. The Morgan fingerprint density at radius 3 is 2.25 bits per heavy atom. The molecule has 1 unspecified atom stereocenters. The van der Waals surface area contributed by atoms with Crippen LogP contribution in [0.15, 0.2) is 54.9 Å². The molecule has 0 bridgehead atoms. The van der Waals surface area contributed by atoms with Crippen LogP contribution in [-0.2, 0) is 7.05 Å². The zero-order valence-corrected chi connectivity index (χ0v) is 16.3. The van der Waals surface area contributed by atoms with E-state index in [0.29, 0.717) is 22.9 Å². The Morgan fingerprint density at radius 1 is 1.00 bits per heavy atom. The normalized spacial score (nSPS) is 11.6. The van der Waals surface area contributed by atoms with Crippen LogP contribution in [0.3, 0.4) is 0 Å². The van der Waals surface area contributed by atoms with Crippen molar-refractivity contribution >= 4 is 5.91 Å². The van der Waals surface area contributed by atoms with Crippen LogP contribution in [0.2, 0.25) is 0 Å². The summed E-state index contributed by atoms with van der Waals surface area (Å²) < 4.78 is 17.7. The fourth-order valence-electron chi connectivity index (χ4n) is 2.94. The van der Waals surface area contributed by atoms with E-state index in [1.54, 1.807) is 38.6 Å². The van der Waals surface area contributed by atoms with Crippen molar-refractivity contribution in [1.82, 2.24) is 14.9 Å². The summed E-state index contributed by atoms with van der Waals surface area (Å²) in [6.45, 7) is 0. The smallest absolute Gasteiger partial charge is 0.255 e. The van der Waals surface area contributed by atoms with Gasteiger partial charge in [-0.3, -0.25) is 4.79 Å². The lowest BCUT2D eigenvalue weighted by molar-refractivity contribution is 0.0938. The number of hydrogen-bond acceptors (Lipinski definition) is 5. The number of methoxy groups -OCH3 is 3. The average Bonchev–Trinajstić information content (AvgIpc) is 3.17. The molecule has 7 nitrogen and oxygen atoms in total. The lowest BCUT2D eigenvalue weighted by Crippen LogP contribution is -2.31.